The van der Waals surface area contributed by atoms with E-state index in [2.05, 4.69) is 15.5 Å². The summed E-state index contributed by atoms with van der Waals surface area (Å²) in [5.74, 6) is -2.01. The first-order valence-corrected chi connectivity index (χ1v) is 8.87. The third-order valence-electron chi connectivity index (χ3n) is 4.24. The van der Waals surface area contributed by atoms with Gasteiger partial charge in [0.05, 0.1) is 23.8 Å². The van der Waals surface area contributed by atoms with Gasteiger partial charge in [0.2, 0.25) is 11.6 Å². The van der Waals surface area contributed by atoms with Crippen molar-refractivity contribution in [3.63, 3.8) is 0 Å². The topological polar surface area (TPSA) is 95.1 Å². The molecular weight excluding hydrogens is 460 g/mol. The first-order valence-electron chi connectivity index (χ1n) is 8.87. The largest absolute Gasteiger partial charge is 0.497 e. The maximum absolute atomic E-state index is 13.5. The second-order valence-electron chi connectivity index (χ2n) is 6.39. The van der Waals surface area contributed by atoms with E-state index in [4.69, 9.17) is 4.74 Å². The molecule has 0 fully saturated rings. The minimum Gasteiger partial charge on any atom is -0.497 e. The lowest BCUT2D eigenvalue weighted by molar-refractivity contribution is -0.376. The summed E-state index contributed by atoms with van der Waals surface area (Å²) in [4.78, 5) is 10.6. The van der Waals surface area contributed by atoms with Gasteiger partial charge in [0.25, 0.3) is 0 Å². The summed E-state index contributed by atoms with van der Waals surface area (Å²) in [6.07, 6.45) is -9.04. The summed E-state index contributed by atoms with van der Waals surface area (Å²) < 4.78 is 84.5. The monoisotopic (exact) mass is 473 g/mol. The standard InChI is InChI=1S/C19H13F6N5O3/c1-33-14-7-5-13(6-8-14)29-16(27-28-17(29)19(23,24)25)15(30(31)32)10-26-12-4-2-3-11(9-12)18(20,21)22/h2-10,26H,1H3. The Morgan fingerprint density at radius 3 is 2.27 bits per heavy atom. The molecule has 0 aliphatic rings. The van der Waals surface area contributed by atoms with E-state index in [1.165, 1.54) is 37.4 Å². The molecule has 0 atom stereocenters. The van der Waals surface area contributed by atoms with Crippen molar-refractivity contribution in [3.05, 3.63) is 82.1 Å². The van der Waals surface area contributed by atoms with Crippen molar-refractivity contribution >= 4 is 11.4 Å². The molecule has 14 heteroatoms. The van der Waals surface area contributed by atoms with Crippen LogP contribution in [0.4, 0.5) is 32.0 Å². The molecule has 1 aromatic heterocycles. The molecule has 0 spiro atoms. The minimum absolute atomic E-state index is 0.157. The molecule has 0 saturated heterocycles. The van der Waals surface area contributed by atoms with Gasteiger partial charge in [0, 0.05) is 11.4 Å². The maximum atomic E-state index is 13.5. The lowest BCUT2D eigenvalue weighted by Crippen LogP contribution is -2.16. The third-order valence-corrected chi connectivity index (χ3v) is 4.24. The molecular formula is C19H13F6N5O3. The second kappa shape index (κ2) is 8.80. The van der Waals surface area contributed by atoms with E-state index in [9.17, 15) is 36.5 Å². The molecule has 1 N–H and O–H groups in total. The number of aromatic nitrogens is 3. The predicted molar refractivity (Wildman–Crippen MR) is 103 cm³/mol. The van der Waals surface area contributed by atoms with Crippen LogP contribution in [-0.4, -0.2) is 26.8 Å². The highest BCUT2D eigenvalue weighted by molar-refractivity contribution is 5.60. The number of benzene rings is 2. The molecule has 2 aromatic carbocycles. The summed E-state index contributed by atoms with van der Waals surface area (Å²) in [5.41, 5.74) is -2.33. The predicted octanol–water partition coefficient (Wildman–Crippen LogP) is 5.00. The number of alkyl halides is 6. The van der Waals surface area contributed by atoms with Crippen LogP contribution in [0.2, 0.25) is 0 Å². The Hall–Kier alpha value is -4.10. The highest BCUT2D eigenvalue weighted by Gasteiger charge is 2.41. The maximum Gasteiger partial charge on any atom is 0.452 e. The Labute approximate surface area is 181 Å². The number of ether oxygens (including phenoxy) is 1. The van der Waals surface area contributed by atoms with Crippen molar-refractivity contribution in [1.29, 1.82) is 0 Å². The van der Waals surface area contributed by atoms with Gasteiger partial charge in [0.1, 0.15) is 5.75 Å². The fourth-order valence-electron chi connectivity index (χ4n) is 2.75. The van der Waals surface area contributed by atoms with Crippen molar-refractivity contribution in [2.45, 2.75) is 12.4 Å². The first-order chi connectivity index (χ1) is 15.4. The van der Waals surface area contributed by atoms with E-state index in [0.717, 1.165) is 12.1 Å². The van der Waals surface area contributed by atoms with Crippen LogP contribution in [0.3, 0.4) is 0 Å². The van der Waals surface area contributed by atoms with Crippen LogP contribution >= 0.6 is 0 Å². The minimum atomic E-state index is -5.01. The van der Waals surface area contributed by atoms with Crippen molar-refractivity contribution in [3.8, 4) is 11.4 Å². The van der Waals surface area contributed by atoms with Gasteiger partial charge in [-0.3, -0.25) is 14.7 Å². The molecule has 0 amide bonds. The molecule has 3 aromatic rings. The zero-order valence-electron chi connectivity index (χ0n) is 16.5. The van der Waals surface area contributed by atoms with Crippen LogP contribution in [0, 0.1) is 10.1 Å². The first kappa shape index (κ1) is 23.6. The number of hydrogen-bond donors (Lipinski definition) is 1. The lowest BCUT2D eigenvalue weighted by Gasteiger charge is -2.12. The van der Waals surface area contributed by atoms with Crippen molar-refractivity contribution in [2.75, 3.05) is 12.4 Å². The number of nitrogens with one attached hydrogen (secondary N) is 1. The molecule has 8 nitrogen and oxygen atoms in total. The van der Waals surface area contributed by atoms with Gasteiger partial charge in [-0.1, -0.05) is 6.07 Å². The molecule has 1 heterocycles. The zero-order valence-corrected chi connectivity index (χ0v) is 16.5. The summed E-state index contributed by atoms with van der Waals surface area (Å²) >= 11 is 0. The SMILES string of the molecule is COc1ccc(-n2c(C(=CNc3cccc(C(F)(F)F)c3)[N+](=O)[O-])nnc2C(F)(F)F)cc1. The molecule has 0 radical (unpaired) electrons. The normalized spacial score (nSPS) is 12.5. The van der Waals surface area contributed by atoms with Crippen molar-refractivity contribution < 1.29 is 36.0 Å². The number of anilines is 1. The Kier molecular flexibility index (Phi) is 6.28. The Morgan fingerprint density at radius 1 is 1.06 bits per heavy atom. The molecule has 0 saturated carbocycles. The number of hydrogen-bond acceptors (Lipinski definition) is 6. The van der Waals surface area contributed by atoms with Crippen LogP contribution in [0.1, 0.15) is 17.2 Å². The Morgan fingerprint density at radius 2 is 1.73 bits per heavy atom. The summed E-state index contributed by atoms with van der Waals surface area (Å²) in [6.45, 7) is 0. The Bertz CT molecular complexity index is 1190. The van der Waals surface area contributed by atoms with E-state index < -0.39 is 40.2 Å². The Balaban J connectivity index is 2.10. The van der Waals surface area contributed by atoms with Crippen LogP contribution in [0.25, 0.3) is 11.4 Å². The lowest BCUT2D eigenvalue weighted by atomic mass is 10.2. The van der Waals surface area contributed by atoms with Gasteiger partial charge in [-0.15, -0.1) is 10.2 Å². The van der Waals surface area contributed by atoms with E-state index in [-0.39, 0.29) is 11.4 Å². The van der Waals surface area contributed by atoms with Gasteiger partial charge in [0.15, 0.2) is 0 Å². The smallest absolute Gasteiger partial charge is 0.452 e. The number of halogens is 6. The van der Waals surface area contributed by atoms with Crippen LogP contribution < -0.4 is 10.1 Å². The molecule has 0 aliphatic carbocycles. The van der Waals surface area contributed by atoms with E-state index in [0.29, 0.717) is 22.6 Å². The number of methoxy groups -OCH3 is 1. The van der Waals surface area contributed by atoms with Gasteiger partial charge in [-0.05, 0) is 42.5 Å². The highest BCUT2D eigenvalue weighted by Crippen LogP contribution is 2.33. The molecule has 3 rings (SSSR count). The molecule has 33 heavy (non-hydrogen) atoms. The van der Waals surface area contributed by atoms with E-state index in [1.807, 2.05) is 0 Å². The van der Waals surface area contributed by atoms with Gasteiger partial charge >= 0.3 is 18.0 Å². The number of nitro groups is 1. The number of rotatable bonds is 6. The third kappa shape index (κ3) is 5.22. The van der Waals surface area contributed by atoms with Gasteiger partial charge < -0.3 is 10.1 Å². The molecule has 0 aliphatic heterocycles. The van der Waals surface area contributed by atoms with Crippen LogP contribution in [0.5, 0.6) is 5.75 Å². The summed E-state index contributed by atoms with van der Waals surface area (Å²) in [7, 11) is 1.34. The second-order valence-corrected chi connectivity index (χ2v) is 6.39. The highest BCUT2D eigenvalue weighted by atomic mass is 19.4. The van der Waals surface area contributed by atoms with Crippen LogP contribution in [0.15, 0.2) is 54.7 Å². The average Bonchev–Trinajstić information content (AvgIpc) is 3.19. The summed E-state index contributed by atoms with van der Waals surface area (Å²) in [5, 5.41) is 20.3. The zero-order chi connectivity index (χ0) is 24.4. The average molecular weight is 473 g/mol. The van der Waals surface area contributed by atoms with E-state index >= 15 is 0 Å². The number of nitrogens with zero attached hydrogens (tertiary/aromatic N) is 4. The quantitative estimate of drug-likeness (QED) is 0.308. The fourth-order valence-corrected chi connectivity index (χ4v) is 2.75. The van der Waals surface area contributed by atoms with Crippen molar-refractivity contribution in [1.82, 2.24) is 14.8 Å². The fraction of sp³-hybridized carbons (Fsp3) is 0.158. The van der Waals surface area contributed by atoms with Crippen LogP contribution in [-0.2, 0) is 12.4 Å². The summed E-state index contributed by atoms with van der Waals surface area (Å²) in [6, 6.07) is 8.80. The van der Waals surface area contributed by atoms with Gasteiger partial charge in [-0.2, -0.15) is 26.3 Å². The molecule has 0 bridgehead atoms. The molecule has 0 unspecified atom stereocenters. The molecule has 174 valence electrons. The van der Waals surface area contributed by atoms with E-state index in [1.54, 1.807) is 0 Å². The van der Waals surface area contributed by atoms with Crippen molar-refractivity contribution in [2.24, 2.45) is 0 Å². The van der Waals surface area contributed by atoms with Gasteiger partial charge in [-0.25, -0.2) is 0 Å².